The number of fused-ring (bicyclic) bond motifs is 1. The summed E-state index contributed by atoms with van der Waals surface area (Å²) in [6.07, 6.45) is 3.07. The van der Waals surface area contributed by atoms with Crippen LogP contribution in [0.2, 0.25) is 0 Å². The van der Waals surface area contributed by atoms with Crippen molar-refractivity contribution in [1.29, 1.82) is 0 Å². The quantitative estimate of drug-likeness (QED) is 0.698. The third kappa shape index (κ3) is 3.26. The number of amides is 3. The molecule has 0 saturated carbocycles. The van der Waals surface area contributed by atoms with Crippen molar-refractivity contribution in [2.75, 3.05) is 39.4 Å². The summed E-state index contributed by atoms with van der Waals surface area (Å²) in [6.45, 7) is 5.40. The fraction of sp³-hybridized carbons (Fsp3) is 0.667. The third-order valence-electron chi connectivity index (χ3n) is 5.95. The molecule has 0 radical (unpaired) electrons. The summed E-state index contributed by atoms with van der Waals surface area (Å²) < 4.78 is 6.95. The highest BCUT2D eigenvalue weighted by molar-refractivity contribution is 6.00. The molecule has 3 aliphatic heterocycles. The lowest BCUT2D eigenvalue weighted by molar-refractivity contribution is -0.148. The van der Waals surface area contributed by atoms with E-state index in [0.29, 0.717) is 64.6 Å². The Hall–Kier alpha value is -2.46. The first-order chi connectivity index (χ1) is 13.5. The van der Waals surface area contributed by atoms with Crippen LogP contribution in [0.15, 0.2) is 6.20 Å². The molecule has 2 N–H and O–H groups in total. The van der Waals surface area contributed by atoms with E-state index in [1.54, 1.807) is 20.7 Å². The zero-order chi connectivity index (χ0) is 19.8. The van der Waals surface area contributed by atoms with Gasteiger partial charge in [0.05, 0.1) is 18.4 Å². The number of imidazole rings is 1. The summed E-state index contributed by atoms with van der Waals surface area (Å²) in [5.41, 5.74) is 6.44. The molecule has 28 heavy (non-hydrogen) atoms. The zero-order valence-corrected chi connectivity index (χ0v) is 16.0. The topological polar surface area (TPSA) is 114 Å². The van der Waals surface area contributed by atoms with Gasteiger partial charge in [0.1, 0.15) is 11.7 Å². The molecular weight excluding hydrogens is 364 g/mol. The zero-order valence-electron chi connectivity index (χ0n) is 16.0. The van der Waals surface area contributed by atoms with Gasteiger partial charge in [-0.3, -0.25) is 14.6 Å². The van der Waals surface area contributed by atoms with Gasteiger partial charge >= 0.3 is 6.03 Å². The van der Waals surface area contributed by atoms with Crippen molar-refractivity contribution in [3.63, 3.8) is 0 Å². The summed E-state index contributed by atoms with van der Waals surface area (Å²) in [7, 11) is 0. The van der Waals surface area contributed by atoms with Gasteiger partial charge < -0.3 is 15.4 Å². The van der Waals surface area contributed by atoms with Crippen LogP contribution in [0.3, 0.4) is 0 Å². The molecule has 2 saturated heterocycles. The first-order valence-electron chi connectivity index (χ1n) is 9.73. The molecule has 3 amide bonds. The van der Waals surface area contributed by atoms with Crippen LogP contribution in [0.5, 0.6) is 0 Å². The fourth-order valence-electron chi connectivity index (χ4n) is 4.38. The lowest BCUT2D eigenvalue weighted by Gasteiger charge is -2.40. The maximum atomic E-state index is 13.0. The van der Waals surface area contributed by atoms with Gasteiger partial charge in [0.2, 0.25) is 11.8 Å². The molecule has 10 heteroatoms. The second-order valence-electron chi connectivity index (χ2n) is 7.58. The minimum Gasteiger partial charge on any atom is -0.381 e. The molecule has 3 aliphatic rings. The molecule has 1 aromatic rings. The minimum absolute atomic E-state index is 0.0571. The van der Waals surface area contributed by atoms with Gasteiger partial charge in [0.25, 0.3) is 0 Å². The van der Waals surface area contributed by atoms with Crippen molar-refractivity contribution in [3.05, 3.63) is 17.7 Å². The average molecular weight is 390 g/mol. The van der Waals surface area contributed by atoms with Crippen LogP contribution in [-0.2, 0) is 20.9 Å². The lowest BCUT2D eigenvalue weighted by atomic mass is 9.84. The molecule has 152 valence electrons. The number of hydrogen-bond acceptors (Lipinski definition) is 6. The van der Waals surface area contributed by atoms with E-state index in [9.17, 15) is 14.4 Å². The predicted octanol–water partition coefficient (Wildman–Crippen LogP) is -0.437. The molecule has 0 aliphatic carbocycles. The standard InChI is InChI=1S/C18H26N6O4/c1-12-20-10-14-11-23(18(27)24(12)14)22-6-4-21(5-7-22)17(26)15(16(19)25)13-2-8-28-9-3-13/h10,13,15H,2-9,11H2,1H3,(H2,19,25). The Morgan fingerprint density at radius 3 is 2.50 bits per heavy atom. The van der Waals surface area contributed by atoms with Crippen molar-refractivity contribution < 1.29 is 19.1 Å². The number of rotatable bonds is 4. The number of carbonyl (C=O) groups excluding carboxylic acids is 3. The Labute approximate surface area is 163 Å². The van der Waals surface area contributed by atoms with E-state index in [0.717, 1.165) is 5.69 Å². The van der Waals surface area contributed by atoms with Crippen molar-refractivity contribution in [2.24, 2.45) is 17.6 Å². The number of nitrogens with two attached hydrogens (primary N) is 1. The first kappa shape index (κ1) is 18.9. The summed E-state index contributed by atoms with van der Waals surface area (Å²) in [5.74, 6) is -0.928. The Morgan fingerprint density at radius 1 is 1.21 bits per heavy atom. The second-order valence-corrected chi connectivity index (χ2v) is 7.58. The largest absolute Gasteiger partial charge is 0.381 e. The van der Waals surface area contributed by atoms with Gasteiger partial charge in [0, 0.05) is 39.4 Å². The molecule has 2 fully saturated rings. The first-order valence-corrected chi connectivity index (χ1v) is 9.73. The highest BCUT2D eigenvalue weighted by Crippen LogP contribution is 2.27. The van der Waals surface area contributed by atoms with Crippen LogP contribution in [0.25, 0.3) is 0 Å². The molecule has 10 nitrogen and oxygen atoms in total. The molecule has 1 aromatic heterocycles. The maximum Gasteiger partial charge on any atom is 0.344 e. The molecular formula is C18H26N6O4. The van der Waals surface area contributed by atoms with Crippen LogP contribution >= 0.6 is 0 Å². The van der Waals surface area contributed by atoms with Crippen molar-refractivity contribution in [2.45, 2.75) is 26.3 Å². The van der Waals surface area contributed by atoms with Gasteiger partial charge in [-0.25, -0.2) is 19.4 Å². The third-order valence-corrected chi connectivity index (χ3v) is 5.95. The Bertz CT molecular complexity index is 779. The van der Waals surface area contributed by atoms with Crippen LogP contribution in [0, 0.1) is 18.8 Å². The van der Waals surface area contributed by atoms with E-state index in [1.165, 1.54) is 0 Å². The average Bonchev–Trinajstić information content (AvgIpc) is 3.22. The molecule has 0 spiro atoms. The van der Waals surface area contributed by atoms with Crippen LogP contribution in [-0.4, -0.2) is 81.7 Å². The highest BCUT2D eigenvalue weighted by Gasteiger charge is 2.40. The monoisotopic (exact) mass is 390 g/mol. The molecule has 0 bridgehead atoms. The van der Waals surface area contributed by atoms with Gasteiger partial charge in [-0.1, -0.05) is 0 Å². The molecule has 4 heterocycles. The lowest BCUT2D eigenvalue weighted by Crippen LogP contribution is -2.57. The van der Waals surface area contributed by atoms with Crippen LogP contribution < -0.4 is 5.73 Å². The SMILES string of the molecule is Cc1ncc2n1C(=O)N(N1CCN(C(=O)C(C(N)=O)C3CCOCC3)CC1)C2. The Balaban J connectivity index is 1.38. The van der Waals surface area contributed by atoms with E-state index >= 15 is 0 Å². The van der Waals surface area contributed by atoms with E-state index in [-0.39, 0.29) is 17.9 Å². The van der Waals surface area contributed by atoms with Crippen LogP contribution in [0.4, 0.5) is 4.79 Å². The van der Waals surface area contributed by atoms with Gasteiger partial charge in [-0.2, -0.15) is 0 Å². The molecule has 4 rings (SSSR count). The van der Waals surface area contributed by atoms with Gasteiger partial charge in [0.15, 0.2) is 0 Å². The summed E-state index contributed by atoms with van der Waals surface area (Å²) in [5, 5.41) is 3.67. The summed E-state index contributed by atoms with van der Waals surface area (Å²) in [6, 6.07) is -0.109. The molecule has 1 unspecified atom stereocenters. The smallest absolute Gasteiger partial charge is 0.344 e. The molecule has 1 atom stereocenters. The van der Waals surface area contributed by atoms with Crippen LogP contribution in [0.1, 0.15) is 24.4 Å². The normalized spacial score (nSPS) is 22.4. The Morgan fingerprint density at radius 2 is 1.89 bits per heavy atom. The number of nitrogens with zero attached hydrogens (tertiary/aromatic N) is 5. The van der Waals surface area contributed by atoms with Crippen molar-refractivity contribution in [1.82, 2.24) is 24.5 Å². The highest BCUT2D eigenvalue weighted by atomic mass is 16.5. The number of piperazine rings is 1. The number of aryl methyl sites for hydroxylation is 1. The predicted molar refractivity (Wildman–Crippen MR) is 97.7 cm³/mol. The number of primary amides is 1. The van der Waals surface area contributed by atoms with E-state index in [2.05, 4.69) is 4.98 Å². The fourth-order valence-corrected chi connectivity index (χ4v) is 4.38. The number of hydrazine groups is 1. The number of ether oxygens (including phenoxy) is 1. The minimum atomic E-state index is -0.793. The number of aromatic nitrogens is 2. The number of hydrogen-bond donors (Lipinski definition) is 1. The van der Waals surface area contributed by atoms with Gasteiger partial charge in [-0.15, -0.1) is 0 Å². The molecule has 0 aromatic carbocycles. The summed E-state index contributed by atoms with van der Waals surface area (Å²) in [4.78, 5) is 43.5. The maximum absolute atomic E-state index is 13.0. The van der Waals surface area contributed by atoms with E-state index < -0.39 is 11.8 Å². The van der Waals surface area contributed by atoms with E-state index in [4.69, 9.17) is 10.5 Å². The Kier molecular flexibility index (Phi) is 5.07. The van der Waals surface area contributed by atoms with E-state index in [1.807, 2.05) is 11.9 Å². The van der Waals surface area contributed by atoms with Gasteiger partial charge in [-0.05, 0) is 25.7 Å². The van der Waals surface area contributed by atoms with Crippen molar-refractivity contribution in [3.8, 4) is 0 Å². The number of carbonyl (C=O) groups is 3. The second kappa shape index (κ2) is 7.51. The van der Waals surface area contributed by atoms with Crippen molar-refractivity contribution >= 4 is 17.8 Å². The summed E-state index contributed by atoms with van der Waals surface area (Å²) >= 11 is 0.